The van der Waals surface area contributed by atoms with Crippen molar-refractivity contribution in [1.29, 1.82) is 0 Å². The van der Waals surface area contributed by atoms with Crippen LogP contribution in [-0.2, 0) is 0 Å². The van der Waals surface area contributed by atoms with E-state index in [1.807, 2.05) is 36.4 Å². The lowest BCUT2D eigenvalue weighted by molar-refractivity contribution is 0.112. The zero-order valence-electron chi connectivity index (χ0n) is 9.51. The average molecular weight is 222 g/mol. The SMILES string of the molecule is [B]c1ccc(-c2ccc(OC)cc2C=O)cc1. The summed E-state index contributed by atoms with van der Waals surface area (Å²) >= 11 is 0. The van der Waals surface area contributed by atoms with Crippen LogP contribution in [0.15, 0.2) is 42.5 Å². The molecule has 0 saturated carbocycles. The number of hydrogen-bond donors (Lipinski definition) is 0. The van der Waals surface area contributed by atoms with E-state index in [4.69, 9.17) is 12.6 Å². The third kappa shape index (κ3) is 2.39. The number of aldehydes is 1. The third-order valence-corrected chi connectivity index (χ3v) is 2.61. The highest BCUT2D eigenvalue weighted by atomic mass is 16.5. The van der Waals surface area contributed by atoms with Crippen molar-refractivity contribution in [3.8, 4) is 16.9 Å². The monoisotopic (exact) mass is 222 g/mol. The van der Waals surface area contributed by atoms with Gasteiger partial charge >= 0.3 is 0 Å². The number of methoxy groups -OCH3 is 1. The quantitative estimate of drug-likeness (QED) is 0.586. The standard InChI is InChI=1S/C14H11BO2/c1-17-13-6-7-14(11(8-13)9-16)10-2-4-12(15)5-3-10/h2-9H,1H3. The van der Waals surface area contributed by atoms with Crippen LogP contribution in [0.2, 0.25) is 0 Å². The van der Waals surface area contributed by atoms with Crippen LogP contribution in [0.3, 0.4) is 0 Å². The summed E-state index contributed by atoms with van der Waals surface area (Å²) in [5, 5.41) is 0. The maximum Gasteiger partial charge on any atom is 0.150 e. The Balaban J connectivity index is 2.51. The topological polar surface area (TPSA) is 26.3 Å². The van der Waals surface area contributed by atoms with Gasteiger partial charge in [-0.05, 0) is 29.3 Å². The molecular formula is C14H11BO2. The van der Waals surface area contributed by atoms with Gasteiger partial charge in [-0.1, -0.05) is 29.7 Å². The molecule has 3 heteroatoms. The second-order valence-electron chi connectivity index (χ2n) is 3.69. The summed E-state index contributed by atoms with van der Waals surface area (Å²) in [6.07, 6.45) is 0.828. The molecule has 0 heterocycles. The summed E-state index contributed by atoms with van der Waals surface area (Å²) in [5.41, 5.74) is 3.15. The van der Waals surface area contributed by atoms with Crippen molar-refractivity contribution < 1.29 is 9.53 Å². The number of ether oxygens (including phenoxy) is 1. The van der Waals surface area contributed by atoms with Crippen molar-refractivity contribution in [3.05, 3.63) is 48.0 Å². The van der Waals surface area contributed by atoms with Crippen molar-refractivity contribution in [2.45, 2.75) is 0 Å². The van der Waals surface area contributed by atoms with E-state index in [1.54, 1.807) is 13.2 Å². The zero-order valence-corrected chi connectivity index (χ0v) is 9.51. The van der Waals surface area contributed by atoms with Gasteiger partial charge in [-0.2, -0.15) is 0 Å². The van der Waals surface area contributed by atoms with Crippen molar-refractivity contribution in [1.82, 2.24) is 0 Å². The van der Waals surface area contributed by atoms with E-state index < -0.39 is 0 Å². The van der Waals surface area contributed by atoms with E-state index >= 15 is 0 Å². The van der Waals surface area contributed by atoms with Crippen LogP contribution >= 0.6 is 0 Å². The Morgan fingerprint density at radius 2 is 1.82 bits per heavy atom. The second-order valence-corrected chi connectivity index (χ2v) is 3.69. The molecule has 0 saturated heterocycles. The van der Waals surface area contributed by atoms with Crippen molar-refractivity contribution in [2.75, 3.05) is 7.11 Å². The summed E-state index contributed by atoms with van der Waals surface area (Å²) in [7, 11) is 7.21. The number of rotatable bonds is 3. The van der Waals surface area contributed by atoms with Crippen LogP contribution in [0.25, 0.3) is 11.1 Å². The fourth-order valence-corrected chi connectivity index (χ4v) is 1.69. The summed E-state index contributed by atoms with van der Waals surface area (Å²) < 4.78 is 5.09. The van der Waals surface area contributed by atoms with Crippen LogP contribution in [0, 0.1) is 0 Å². The molecule has 0 aliphatic rings. The first-order valence-electron chi connectivity index (χ1n) is 5.23. The van der Waals surface area contributed by atoms with Gasteiger partial charge in [0, 0.05) is 5.56 Å². The number of carbonyl (C=O) groups is 1. The maximum absolute atomic E-state index is 11.1. The first-order chi connectivity index (χ1) is 8.24. The molecule has 0 N–H and O–H groups in total. The summed E-state index contributed by atoms with van der Waals surface area (Å²) in [5.74, 6) is 0.672. The van der Waals surface area contributed by atoms with E-state index in [-0.39, 0.29) is 0 Å². The van der Waals surface area contributed by atoms with Crippen LogP contribution < -0.4 is 10.2 Å². The smallest absolute Gasteiger partial charge is 0.150 e. The summed E-state index contributed by atoms with van der Waals surface area (Å²) in [6.45, 7) is 0. The minimum atomic E-state index is 0.606. The lowest BCUT2D eigenvalue weighted by Crippen LogP contribution is -1.99. The molecule has 2 aromatic carbocycles. The normalized spacial score (nSPS) is 9.94. The first-order valence-corrected chi connectivity index (χ1v) is 5.23. The third-order valence-electron chi connectivity index (χ3n) is 2.61. The Bertz CT molecular complexity index is 532. The Labute approximate surface area is 102 Å². The highest BCUT2D eigenvalue weighted by molar-refractivity contribution is 6.32. The molecule has 0 aliphatic carbocycles. The minimum Gasteiger partial charge on any atom is -0.497 e. The molecule has 0 aliphatic heterocycles. The fraction of sp³-hybridized carbons (Fsp3) is 0.0714. The van der Waals surface area contributed by atoms with E-state index in [2.05, 4.69) is 0 Å². The molecule has 82 valence electrons. The molecular weight excluding hydrogens is 211 g/mol. The van der Waals surface area contributed by atoms with Crippen molar-refractivity contribution in [2.24, 2.45) is 0 Å². The molecule has 2 nitrogen and oxygen atoms in total. The second kappa shape index (κ2) is 4.87. The Morgan fingerprint density at radius 1 is 1.12 bits per heavy atom. The van der Waals surface area contributed by atoms with E-state index in [0.29, 0.717) is 16.8 Å². The Morgan fingerprint density at radius 3 is 2.41 bits per heavy atom. The maximum atomic E-state index is 11.1. The van der Waals surface area contributed by atoms with Gasteiger partial charge in [-0.25, -0.2) is 0 Å². The van der Waals surface area contributed by atoms with E-state index in [0.717, 1.165) is 17.4 Å². The van der Waals surface area contributed by atoms with Crippen molar-refractivity contribution >= 4 is 19.6 Å². The molecule has 0 amide bonds. The van der Waals surface area contributed by atoms with Crippen LogP contribution in [-0.4, -0.2) is 21.2 Å². The minimum absolute atomic E-state index is 0.606. The number of hydrogen-bond acceptors (Lipinski definition) is 2. The van der Waals surface area contributed by atoms with Crippen LogP contribution in [0.1, 0.15) is 10.4 Å². The largest absolute Gasteiger partial charge is 0.497 e. The molecule has 2 aromatic rings. The highest BCUT2D eigenvalue weighted by Gasteiger charge is 2.05. The van der Waals surface area contributed by atoms with Gasteiger partial charge < -0.3 is 4.74 Å². The van der Waals surface area contributed by atoms with Gasteiger partial charge in [-0.15, -0.1) is 0 Å². The molecule has 0 unspecified atom stereocenters. The molecule has 0 atom stereocenters. The molecule has 0 fully saturated rings. The Kier molecular flexibility index (Phi) is 3.28. The molecule has 0 spiro atoms. The lowest BCUT2D eigenvalue weighted by Gasteiger charge is -2.07. The van der Waals surface area contributed by atoms with Gasteiger partial charge in [-0.3, -0.25) is 4.79 Å². The zero-order chi connectivity index (χ0) is 12.3. The highest BCUT2D eigenvalue weighted by Crippen LogP contribution is 2.25. The molecule has 0 bridgehead atoms. The molecule has 0 aromatic heterocycles. The predicted octanol–water partition coefficient (Wildman–Crippen LogP) is 1.97. The van der Waals surface area contributed by atoms with Gasteiger partial charge in [0.1, 0.15) is 13.6 Å². The molecule has 2 rings (SSSR count). The van der Waals surface area contributed by atoms with E-state index in [1.165, 1.54) is 0 Å². The fourth-order valence-electron chi connectivity index (χ4n) is 1.69. The predicted molar refractivity (Wildman–Crippen MR) is 69.2 cm³/mol. The number of benzene rings is 2. The molecule has 17 heavy (non-hydrogen) atoms. The van der Waals surface area contributed by atoms with Gasteiger partial charge in [0.25, 0.3) is 0 Å². The van der Waals surface area contributed by atoms with Gasteiger partial charge in [0.2, 0.25) is 0 Å². The van der Waals surface area contributed by atoms with Crippen molar-refractivity contribution in [3.63, 3.8) is 0 Å². The number of carbonyl (C=O) groups excluding carboxylic acids is 1. The van der Waals surface area contributed by atoms with Gasteiger partial charge in [0.15, 0.2) is 6.29 Å². The Hall–Kier alpha value is -2.03. The molecule has 2 radical (unpaired) electrons. The average Bonchev–Trinajstić information content (AvgIpc) is 2.39. The van der Waals surface area contributed by atoms with Crippen LogP contribution in [0.4, 0.5) is 0 Å². The van der Waals surface area contributed by atoms with E-state index in [9.17, 15) is 4.79 Å². The van der Waals surface area contributed by atoms with Gasteiger partial charge in [0.05, 0.1) is 7.11 Å². The first kappa shape index (κ1) is 11.5. The summed E-state index contributed by atoms with van der Waals surface area (Å²) in [4.78, 5) is 11.1. The van der Waals surface area contributed by atoms with Crippen LogP contribution in [0.5, 0.6) is 5.75 Å². The summed E-state index contributed by atoms with van der Waals surface area (Å²) in [6, 6.07) is 12.8. The lowest BCUT2D eigenvalue weighted by atomic mass is 9.92.